The quantitative estimate of drug-likeness (QED) is 0.507. The molecule has 1 aromatic rings. The van der Waals surface area contributed by atoms with Crippen molar-refractivity contribution in [3.63, 3.8) is 0 Å². The maximum absolute atomic E-state index is 11.1. The number of benzene rings is 1. The summed E-state index contributed by atoms with van der Waals surface area (Å²) < 4.78 is 10.8. The summed E-state index contributed by atoms with van der Waals surface area (Å²) in [5, 5.41) is 14.4. The number of halogens is 2. The lowest BCUT2D eigenvalue weighted by molar-refractivity contribution is -0.384. The van der Waals surface area contributed by atoms with Crippen LogP contribution in [0.3, 0.4) is 0 Å². The van der Waals surface area contributed by atoms with Gasteiger partial charge in [0.2, 0.25) is 0 Å². The second-order valence-corrected chi connectivity index (χ2v) is 7.36. The van der Waals surface area contributed by atoms with Crippen LogP contribution in [-0.2, 0) is 4.57 Å². The Morgan fingerprint density at radius 2 is 1.82 bits per heavy atom. The number of rotatable bonds is 3. The highest BCUT2D eigenvalue weighted by Gasteiger charge is 2.17. The van der Waals surface area contributed by atoms with Crippen LogP contribution in [0.15, 0.2) is 24.3 Å². The molecule has 0 saturated carbocycles. The molecule has 0 spiro atoms. The van der Waals surface area contributed by atoms with Crippen LogP contribution >= 0.6 is 28.5 Å². The predicted octanol–water partition coefficient (Wildman–Crippen LogP) is 3.30. The number of amides is 2. The van der Waals surface area contributed by atoms with Gasteiger partial charge in [0, 0.05) is 17.8 Å². The molecule has 0 aliphatic heterocycles. The van der Waals surface area contributed by atoms with Gasteiger partial charge in [0.05, 0.1) is 4.92 Å². The third kappa shape index (κ3) is 5.04. The van der Waals surface area contributed by atoms with Crippen LogP contribution < -0.4 is 10.4 Å². The lowest BCUT2D eigenvalue weighted by atomic mass is 10.3. The molecule has 0 aliphatic carbocycles. The molecule has 0 unspecified atom stereocenters. The molecule has 0 saturated heterocycles. The van der Waals surface area contributed by atoms with Crippen molar-refractivity contribution in [3.05, 3.63) is 34.4 Å². The number of nitro groups is 1. The second kappa shape index (κ2) is 5.35. The van der Waals surface area contributed by atoms with Crippen molar-refractivity contribution in [1.82, 2.24) is 5.09 Å². The van der Waals surface area contributed by atoms with Crippen LogP contribution in [0.4, 0.5) is 16.2 Å². The van der Waals surface area contributed by atoms with E-state index in [1.54, 1.807) is 0 Å². The molecule has 0 radical (unpaired) electrons. The Labute approximate surface area is 105 Å². The molecule has 0 atom stereocenters. The van der Waals surface area contributed by atoms with Crippen molar-refractivity contribution in [2.24, 2.45) is 0 Å². The molecule has 92 valence electrons. The minimum atomic E-state index is -3.71. The molecule has 2 N–H and O–H groups in total. The van der Waals surface area contributed by atoms with E-state index >= 15 is 0 Å². The maximum atomic E-state index is 11.1. The fourth-order valence-corrected chi connectivity index (χ4v) is 1.70. The molecule has 10 heteroatoms. The van der Waals surface area contributed by atoms with Gasteiger partial charge in [0.15, 0.2) is 0 Å². The third-order valence-corrected chi connectivity index (χ3v) is 2.54. The number of anilines is 1. The van der Waals surface area contributed by atoms with Gasteiger partial charge in [-0.25, -0.2) is 4.79 Å². The minimum absolute atomic E-state index is 0.115. The van der Waals surface area contributed by atoms with E-state index in [2.05, 4.69) is 5.32 Å². The number of hydrogen-bond donors (Lipinski definition) is 2. The van der Waals surface area contributed by atoms with E-state index in [0.717, 1.165) is 0 Å². The molecule has 7 nitrogen and oxygen atoms in total. The number of urea groups is 1. The largest absolute Gasteiger partial charge is 0.346 e. The predicted molar refractivity (Wildman–Crippen MR) is 64.6 cm³/mol. The Morgan fingerprint density at radius 1 is 1.29 bits per heavy atom. The average Bonchev–Trinajstić information content (AvgIpc) is 2.15. The summed E-state index contributed by atoms with van der Waals surface area (Å²) >= 11 is 10.2. The van der Waals surface area contributed by atoms with Crippen molar-refractivity contribution in [2.45, 2.75) is 0 Å². The van der Waals surface area contributed by atoms with Gasteiger partial charge >= 0.3 is 12.0 Å². The SMILES string of the molecule is O=C(Nc1ccc([N+](=O)[O-])cc1)NP(=O)(Cl)Cl. The zero-order chi connectivity index (χ0) is 13.1. The Balaban J connectivity index is 2.67. The van der Waals surface area contributed by atoms with E-state index in [4.69, 9.17) is 22.5 Å². The number of carbonyl (C=O) groups excluding carboxylic acids is 1. The monoisotopic (exact) mass is 297 g/mol. The van der Waals surface area contributed by atoms with E-state index in [-0.39, 0.29) is 11.4 Å². The summed E-state index contributed by atoms with van der Waals surface area (Å²) in [4.78, 5) is 20.9. The zero-order valence-electron chi connectivity index (χ0n) is 8.09. The van der Waals surface area contributed by atoms with Crippen LogP contribution in [0.5, 0.6) is 0 Å². The first kappa shape index (κ1) is 13.8. The Kier molecular flexibility index (Phi) is 4.34. The molecule has 0 fully saturated rings. The first-order chi connectivity index (χ1) is 7.78. The van der Waals surface area contributed by atoms with Crippen LogP contribution in [0.25, 0.3) is 0 Å². The van der Waals surface area contributed by atoms with Crippen molar-refractivity contribution < 1.29 is 14.3 Å². The lowest BCUT2D eigenvalue weighted by Crippen LogP contribution is -2.23. The van der Waals surface area contributed by atoms with Gasteiger partial charge in [-0.15, -0.1) is 0 Å². The normalized spacial score (nSPS) is 10.7. The van der Waals surface area contributed by atoms with Gasteiger partial charge in [-0.05, 0) is 34.6 Å². The first-order valence-electron chi connectivity index (χ1n) is 4.11. The van der Waals surface area contributed by atoms with Gasteiger partial charge in [0.1, 0.15) is 0 Å². The van der Waals surface area contributed by atoms with Crippen LogP contribution in [0.2, 0.25) is 0 Å². The van der Waals surface area contributed by atoms with Crippen molar-refractivity contribution in [1.29, 1.82) is 0 Å². The lowest BCUT2D eigenvalue weighted by Gasteiger charge is -2.07. The highest BCUT2D eigenvalue weighted by molar-refractivity contribution is 8.07. The van der Waals surface area contributed by atoms with Gasteiger partial charge in [-0.1, -0.05) is 0 Å². The van der Waals surface area contributed by atoms with Crippen molar-refractivity contribution >= 4 is 45.9 Å². The molecule has 2 amide bonds. The van der Waals surface area contributed by atoms with E-state index < -0.39 is 17.0 Å². The van der Waals surface area contributed by atoms with Crippen LogP contribution in [0.1, 0.15) is 0 Å². The molecule has 0 bridgehead atoms. The summed E-state index contributed by atoms with van der Waals surface area (Å²) in [6.45, 7) is 0. The fraction of sp³-hybridized carbons (Fsp3) is 0. The molecular weight excluding hydrogens is 292 g/mol. The number of hydrogen-bond acceptors (Lipinski definition) is 4. The Bertz CT molecular complexity index is 486. The number of nitrogens with zero attached hydrogens (tertiary/aromatic N) is 1. The Morgan fingerprint density at radius 3 is 2.24 bits per heavy atom. The van der Waals surface area contributed by atoms with Crippen LogP contribution in [-0.4, -0.2) is 11.0 Å². The summed E-state index contributed by atoms with van der Waals surface area (Å²) in [6.07, 6.45) is 0. The van der Waals surface area contributed by atoms with Gasteiger partial charge < -0.3 is 5.32 Å². The Hall–Kier alpha value is -1.30. The third-order valence-electron chi connectivity index (χ3n) is 1.57. The van der Waals surface area contributed by atoms with Gasteiger partial charge in [-0.3, -0.25) is 19.8 Å². The summed E-state index contributed by atoms with van der Waals surface area (Å²) in [5.74, 6) is -3.71. The summed E-state index contributed by atoms with van der Waals surface area (Å²) in [7, 11) is 0. The topological polar surface area (TPSA) is 101 Å². The number of nitro benzene ring substituents is 1. The molecule has 17 heavy (non-hydrogen) atoms. The number of nitrogens with one attached hydrogen (secondary N) is 2. The van der Waals surface area contributed by atoms with E-state index in [1.807, 2.05) is 5.09 Å². The van der Waals surface area contributed by atoms with E-state index in [1.165, 1.54) is 24.3 Å². The van der Waals surface area contributed by atoms with E-state index in [0.29, 0.717) is 0 Å². The molecule has 1 rings (SSSR count). The second-order valence-electron chi connectivity index (χ2n) is 2.83. The van der Waals surface area contributed by atoms with Gasteiger partial charge in [-0.2, -0.15) is 0 Å². The minimum Gasteiger partial charge on any atom is -0.308 e. The maximum Gasteiger partial charge on any atom is 0.346 e. The molecule has 0 aromatic heterocycles. The zero-order valence-corrected chi connectivity index (χ0v) is 10.5. The molecular formula is C7H6Cl2N3O4P. The average molecular weight is 298 g/mol. The van der Waals surface area contributed by atoms with Gasteiger partial charge in [0.25, 0.3) is 5.69 Å². The highest BCUT2D eigenvalue weighted by Crippen LogP contribution is 2.52. The summed E-state index contributed by atoms with van der Waals surface area (Å²) in [6, 6.07) is 4.16. The van der Waals surface area contributed by atoms with E-state index in [9.17, 15) is 19.5 Å². The number of non-ortho nitro benzene ring substituents is 1. The molecule has 0 heterocycles. The number of carbonyl (C=O) groups is 1. The first-order valence-corrected chi connectivity index (χ1v) is 7.63. The standard InChI is InChI=1S/C7H6Cl2N3O4P/c8-17(9,16)11-7(13)10-5-1-3-6(4-2-5)12(14)15/h1-4H,(H2,10,11,13,16). The molecule has 1 aromatic carbocycles. The fourth-order valence-electron chi connectivity index (χ4n) is 0.944. The van der Waals surface area contributed by atoms with Crippen molar-refractivity contribution in [3.8, 4) is 0 Å². The highest BCUT2D eigenvalue weighted by atomic mass is 35.9. The molecule has 0 aliphatic rings. The van der Waals surface area contributed by atoms with Crippen molar-refractivity contribution in [2.75, 3.05) is 5.32 Å². The smallest absolute Gasteiger partial charge is 0.308 e. The van der Waals surface area contributed by atoms with Crippen LogP contribution in [0, 0.1) is 10.1 Å². The summed E-state index contributed by atoms with van der Waals surface area (Å²) in [5.41, 5.74) is 0.159.